The molecule has 0 fully saturated rings. The molecule has 9 heteroatoms. The third-order valence-corrected chi connectivity index (χ3v) is 5.49. The van der Waals surface area contributed by atoms with Crippen LogP contribution < -0.4 is 10.1 Å². The first-order chi connectivity index (χ1) is 12.7. The van der Waals surface area contributed by atoms with Gasteiger partial charge in [-0.05, 0) is 36.8 Å². The zero-order valence-electron chi connectivity index (χ0n) is 13.8. The van der Waals surface area contributed by atoms with Crippen LogP contribution in [-0.4, -0.2) is 27.7 Å². The standard InChI is InChI=1S/C17H15ClN4O2S2/c1-2-24-15-13(4-3-9-19-15)14(23)20-16-21-22-17(26-16)25-10-11-5-7-12(18)8-6-11/h3-9H,2,10H2,1H3,(H,20,21,23). The third kappa shape index (κ3) is 4.94. The average Bonchev–Trinajstić information content (AvgIpc) is 3.09. The first-order valence-electron chi connectivity index (χ1n) is 7.75. The second-order valence-electron chi connectivity index (χ2n) is 5.03. The zero-order valence-corrected chi connectivity index (χ0v) is 16.2. The molecule has 0 unspecified atom stereocenters. The summed E-state index contributed by atoms with van der Waals surface area (Å²) in [5, 5.41) is 12.0. The Kier molecular flexibility index (Phi) is 6.43. The number of hydrogen-bond acceptors (Lipinski definition) is 7. The molecule has 0 aliphatic carbocycles. The summed E-state index contributed by atoms with van der Waals surface area (Å²) >= 11 is 8.75. The summed E-state index contributed by atoms with van der Waals surface area (Å²) < 4.78 is 6.15. The highest BCUT2D eigenvalue weighted by molar-refractivity contribution is 8.00. The van der Waals surface area contributed by atoms with E-state index in [-0.39, 0.29) is 5.91 Å². The van der Waals surface area contributed by atoms with E-state index in [1.165, 1.54) is 11.3 Å². The Morgan fingerprint density at radius 3 is 2.85 bits per heavy atom. The predicted molar refractivity (Wildman–Crippen MR) is 104 cm³/mol. The van der Waals surface area contributed by atoms with Gasteiger partial charge in [0.2, 0.25) is 11.0 Å². The molecule has 0 radical (unpaired) electrons. The number of thioether (sulfide) groups is 1. The minimum absolute atomic E-state index is 0.300. The molecule has 2 heterocycles. The quantitative estimate of drug-likeness (QED) is 0.458. The van der Waals surface area contributed by atoms with Gasteiger partial charge >= 0.3 is 0 Å². The van der Waals surface area contributed by atoms with Gasteiger partial charge in [-0.15, -0.1) is 10.2 Å². The van der Waals surface area contributed by atoms with E-state index in [9.17, 15) is 4.79 Å². The normalized spacial score (nSPS) is 10.5. The fourth-order valence-electron chi connectivity index (χ4n) is 2.02. The van der Waals surface area contributed by atoms with E-state index in [2.05, 4.69) is 20.5 Å². The lowest BCUT2D eigenvalue weighted by Crippen LogP contribution is -2.14. The number of hydrogen-bond donors (Lipinski definition) is 1. The van der Waals surface area contributed by atoms with Crippen LogP contribution in [0.4, 0.5) is 5.13 Å². The molecule has 0 aliphatic heterocycles. The largest absolute Gasteiger partial charge is 0.477 e. The molecule has 0 saturated carbocycles. The number of pyridine rings is 1. The van der Waals surface area contributed by atoms with E-state index in [0.29, 0.717) is 28.2 Å². The predicted octanol–water partition coefficient (Wildman–Crippen LogP) is 4.53. The Labute approximate surface area is 164 Å². The molecule has 0 aliphatic rings. The molecule has 6 nitrogen and oxygen atoms in total. The summed E-state index contributed by atoms with van der Waals surface area (Å²) in [6, 6.07) is 11.0. The van der Waals surface area contributed by atoms with Gasteiger partial charge in [-0.1, -0.05) is 46.8 Å². The van der Waals surface area contributed by atoms with Gasteiger partial charge in [-0.25, -0.2) is 4.98 Å². The highest BCUT2D eigenvalue weighted by Crippen LogP contribution is 2.29. The van der Waals surface area contributed by atoms with Gasteiger partial charge in [0, 0.05) is 17.0 Å². The lowest BCUT2D eigenvalue weighted by Gasteiger charge is -2.07. The molecule has 3 aromatic rings. The van der Waals surface area contributed by atoms with Crippen LogP contribution in [-0.2, 0) is 5.75 Å². The molecule has 1 N–H and O–H groups in total. The van der Waals surface area contributed by atoms with Crippen LogP contribution in [0, 0.1) is 0 Å². The van der Waals surface area contributed by atoms with Gasteiger partial charge in [0.15, 0.2) is 4.34 Å². The van der Waals surface area contributed by atoms with Crippen molar-refractivity contribution in [1.29, 1.82) is 0 Å². The Bertz CT molecular complexity index is 886. The molecule has 0 atom stereocenters. The first-order valence-corrected chi connectivity index (χ1v) is 9.93. The Balaban J connectivity index is 1.61. The number of anilines is 1. The highest BCUT2D eigenvalue weighted by atomic mass is 35.5. The number of aromatic nitrogens is 3. The Morgan fingerprint density at radius 1 is 1.27 bits per heavy atom. The van der Waals surface area contributed by atoms with Gasteiger partial charge in [-0.2, -0.15) is 0 Å². The number of halogens is 1. The van der Waals surface area contributed by atoms with E-state index in [1.54, 1.807) is 30.1 Å². The van der Waals surface area contributed by atoms with Gasteiger partial charge < -0.3 is 4.74 Å². The topological polar surface area (TPSA) is 77.0 Å². The molecule has 1 amide bonds. The molecule has 134 valence electrons. The number of benzene rings is 1. The van der Waals surface area contributed by atoms with Crippen LogP contribution in [0.2, 0.25) is 5.02 Å². The number of ether oxygens (including phenoxy) is 1. The highest BCUT2D eigenvalue weighted by Gasteiger charge is 2.15. The maximum atomic E-state index is 12.4. The average molecular weight is 407 g/mol. The number of amides is 1. The summed E-state index contributed by atoms with van der Waals surface area (Å²) in [5.41, 5.74) is 1.50. The monoisotopic (exact) mass is 406 g/mol. The van der Waals surface area contributed by atoms with E-state index in [0.717, 1.165) is 15.7 Å². The summed E-state index contributed by atoms with van der Waals surface area (Å²) in [6.45, 7) is 2.27. The van der Waals surface area contributed by atoms with Crippen LogP contribution in [0.25, 0.3) is 0 Å². The summed E-state index contributed by atoms with van der Waals surface area (Å²) in [7, 11) is 0. The lowest BCUT2D eigenvalue weighted by molar-refractivity contribution is 0.102. The van der Waals surface area contributed by atoms with Crippen molar-refractivity contribution in [2.24, 2.45) is 0 Å². The SMILES string of the molecule is CCOc1ncccc1C(=O)Nc1nnc(SCc2ccc(Cl)cc2)s1. The minimum atomic E-state index is -0.327. The van der Waals surface area contributed by atoms with Crippen LogP contribution in [0.15, 0.2) is 46.9 Å². The fourth-order valence-corrected chi connectivity index (χ4v) is 3.85. The van der Waals surface area contributed by atoms with Crippen molar-refractivity contribution in [2.75, 3.05) is 11.9 Å². The molecule has 0 saturated heterocycles. The van der Waals surface area contributed by atoms with Crippen LogP contribution in [0.3, 0.4) is 0 Å². The smallest absolute Gasteiger partial charge is 0.262 e. The van der Waals surface area contributed by atoms with Crippen molar-refractivity contribution in [3.05, 3.63) is 58.7 Å². The second-order valence-corrected chi connectivity index (χ2v) is 7.67. The van der Waals surface area contributed by atoms with E-state index in [4.69, 9.17) is 16.3 Å². The number of carbonyl (C=O) groups is 1. The van der Waals surface area contributed by atoms with Gasteiger partial charge in [0.05, 0.1) is 6.61 Å². The summed E-state index contributed by atoms with van der Waals surface area (Å²) in [6.07, 6.45) is 1.58. The van der Waals surface area contributed by atoms with Crippen molar-refractivity contribution in [3.8, 4) is 5.88 Å². The van der Waals surface area contributed by atoms with E-state index in [1.807, 2.05) is 31.2 Å². The molecule has 3 rings (SSSR count). The number of nitrogens with one attached hydrogen (secondary N) is 1. The van der Waals surface area contributed by atoms with Gasteiger partial charge in [0.1, 0.15) is 5.56 Å². The van der Waals surface area contributed by atoms with Gasteiger partial charge in [-0.3, -0.25) is 10.1 Å². The molecule has 1 aromatic carbocycles. The molecule has 2 aromatic heterocycles. The number of carbonyl (C=O) groups excluding carboxylic acids is 1. The van der Waals surface area contributed by atoms with Crippen molar-refractivity contribution in [3.63, 3.8) is 0 Å². The number of rotatable bonds is 7. The lowest BCUT2D eigenvalue weighted by atomic mass is 10.2. The van der Waals surface area contributed by atoms with Crippen molar-refractivity contribution in [1.82, 2.24) is 15.2 Å². The van der Waals surface area contributed by atoms with E-state index < -0.39 is 0 Å². The molecule has 0 spiro atoms. The van der Waals surface area contributed by atoms with Crippen molar-refractivity contribution in [2.45, 2.75) is 17.0 Å². The summed E-state index contributed by atoms with van der Waals surface area (Å²) in [5.74, 6) is 0.720. The van der Waals surface area contributed by atoms with Crippen LogP contribution in [0.5, 0.6) is 5.88 Å². The van der Waals surface area contributed by atoms with Crippen LogP contribution >= 0.6 is 34.7 Å². The van der Waals surface area contributed by atoms with Crippen molar-refractivity contribution < 1.29 is 9.53 Å². The molecule has 26 heavy (non-hydrogen) atoms. The van der Waals surface area contributed by atoms with Crippen molar-refractivity contribution >= 4 is 45.7 Å². The molecular formula is C17H15ClN4O2S2. The Morgan fingerprint density at radius 2 is 2.08 bits per heavy atom. The Hall–Kier alpha value is -2.16. The van der Waals surface area contributed by atoms with Gasteiger partial charge in [0.25, 0.3) is 5.91 Å². The maximum Gasteiger partial charge on any atom is 0.262 e. The third-order valence-electron chi connectivity index (χ3n) is 3.20. The van der Waals surface area contributed by atoms with E-state index >= 15 is 0 Å². The number of nitrogens with zero attached hydrogens (tertiary/aromatic N) is 3. The second kappa shape index (κ2) is 8.98. The minimum Gasteiger partial charge on any atom is -0.477 e. The van der Waals surface area contributed by atoms with Crippen LogP contribution in [0.1, 0.15) is 22.8 Å². The summed E-state index contributed by atoms with van der Waals surface area (Å²) in [4.78, 5) is 16.5. The fraction of sp³-hybridized carbons (Fsp3) is 0.176. The molecular weight excluding hydrogens is 392 g/mol. The zero-order chi connectivity index (χ0) is 18.4. The molecule has 0 bridgehead atoms. The first kappa shape index (κ1) is 18.6. The maximum absolute atomic E-state index is 12.4.